The van der Waals surface area contributed by atoms with Gasteiger partial charge in [-0.3, -0.25) is 4.90 Å². The fourth-order valence-electron chi connectivity index (χ4n) is 5.59. The van der Waals surface area contributed by atoms with E-state index in [-0.39, 0.29) is 11.1 Å². The lowest BCUT2D eigenvalue weighted by Gasteiger charge is -2.36. The maximum absolute atomic E-state index is 12.8. The van der Waals surface area contributed by atoms with Crippen LogP contribution in [0.25, 0.3) is 21.1 Å². The number of fused-ring (bicyclic) bond motifs is 2. The van der Waals surface area contributed by atoms with Gasteiger partial charge in [-0.2, -0.15) is 4.37 Å². The Hall–Kier alpha value is -2.46. The van der Waals surface area contributed by atoms with Crippen molar-refractivity contribution in [2.45, 2.75) is 43.2 Å². The van der Waals surface area contributed by atoms with Gasteiger partial charge >= 0.3 is 0 Å². The lowest BCUT2D eigenvalue weighted by Crippen LogP contribution is -2.47. The summed E-state index contributed by atoms with van der Waals surface area (Å²) in [7, 11) is -3.64. The molecule has 0 amide bonds. The summed E-state index contributed by atoms with van der Waals surface area (Å²) in [4.78, 5) is 5.00. The Morgan fingerprint density at radius 1 is 0.972 bits per heavy atom. The molecule has 6 rings (SSSR count). The molecule has 7 nitrogen and oxygen atoms in total. The molecule has 0 bridgehead atoms. The number of hydrogen-bond acceptors (Lipinski definition) is 7. The standard InChI is InChI=1S/C27H32N4O3S2/c32-36(33,26-19-21-5-1-3-7-24(21)34-26)29-22-11-9-20(10-12-22)13-14-30-15-17-31(18-16-30)27-23-6-2-4-8-25(23)35-28-27/h1-8,19-20,22,29H,9-18H2. The zero-order valence-electron chi connectivity index (χ0n) is 20.3. The average Bonchev–Trinajstić information content (AvgIpc) is 3.54. The normalized spacial score (nSPS) is 21.9. The van der Waals surface area contributed by atoms with Crippen LogP contribution in [0.2, 0.25) is 0 Å². The highest BCUT2D eigenvalue weighted by atomic mass is 32.2. The van der Waals surface area contributed by atoms with Crippen LogP contribution in [0.15, 0.2) is 64.1 Å². The number of sulfonamides is 1. The zero-order valence-corrected chi connectivity index (χ0v) is 21.9. The molecule has 4 aromatic rings. The second-order valence-corrected chi connectivity index (χ2v) is 12.5. The van der Waals surface area contributed by atoms with E-state index in [0.717, 1.165) is 69.6 Å². The molecule has 2 aromatic carbocycles. The highest BCUT2D eigenvalue weighted by molar-refractivity contribution is 7.89. The predicted octanol–water partition coefficient (Wildman–Crippen LogP) is 5.09. The largest absolute Gasteiger partial charge is 0.443 e. The topological polar surface area (TPSA) is 78.7 Å². The van der Waals surface area contributed by atoms with Gasteiger partial charge in [-0.25, -0.2) is 13.1 Å². The van der Waals surface area contributed by atoms with Crippen molar-refractivity contribution in [2.24, 2.45) is 5.92 Å². The van der Waals surface area contributed by atoms with Crippen molar-refractivity contribution in [1.29, 1.82) is 0 Å². The maximum atomic E-state index is 12.8. The van der Waals surface area contributed by atoms with Crippen molar-refractivity contribution < 1.29 is 12.8 Å². The summed E-state index contributed by atoms with van der Waals surface area (Å²) in [5, 5.41) is 2.08. The van der Waals surface area contributed by atoms with E-state index >= 15 is 0 Å². The van der Waals surface area contributed by atoms with Gasteiger partial charge in [0.05, 0.1) is 4.70 Å². The first-order valence-corrected chi connectivity index (χ1v) is 15.1. The summed E-state index contributed by atoms with van der Waals surface area (Å²) in [5.41, 5.74) is 0.599. The SMILES string of the molecule is O=S(=O)(NC1CCC(CCN2CCN(c3nsc4ccccc34)CC2)CC1)c1cc2ccccc2o1. The zero-order chi connectivity index (χ0) is 24.5. The van der Waals surface area contributed by atoms with Crippen molar-refractivity contribution in [1.82, 2.24) is 14.0 Å². The summed E-state index contributed by atoms with van der Waals surface area (Å²) in [6.45, 7) is 5.29. The van der Waals surface area contributed by atoms with E-state index < -0.39 is 10.0 Å². The lowest BCUT2D eigenvalue weighted by molar-refractivity contribution is 0.214. The second-order valence-electron chi connectivity index (χ2n) is 10.1. The minimum absolute atomic E-state index is 0.00983. The van der Waals surface area contributed by atoms with Crippen LogP contribution in [0.1, 0.15) is 32.1 Å². The first-order chi connectivity index (χ1) is 17.5. The van der Waals surface area contributed by atoms with Gasteiger partial charge in [0.2, 0.25) is 5.09 Å². The number of furan rings is 1. The number of nitrogens with one attached hydrogen (secondary N) is 1. The number of rotatable bonds is 7. The van der Waals surface area contributed by atoms with E-state index in [1.165, 1.54) is 16.5 Å². The molecular formula is C27H32N4O3S2. The van der Waals surface area contributed by atoms with Crippen LogP contribution >= 0.6 is 11.5 Å². The Kier molecular flexibility index (Phi) is 6.73. The van der Waals surface area contributed by atoms with Gasteiger partial charge in [0, 0.05) is 49.1 Å². The molecular weight excluding hydrogens is 492 g/mol. The third kappa shape index (κ3) is 5.02. The quantitative estimate of drug-likeness (QED) is 0.363. The number of nitrogens with zero attached hydrogens (tertiary/aromatic N) is 3. The molecule has 1 saturated heterocycles. The Bertz CT molecular complexity index is 1400. The Balaban J connectivity index is 0.951. The number of anilines is 1. The number of para-hydroxylation sites is 1. The van der Waals surface area contributed by atoms with Gasteiger partial charge in [0.1, 0.15) is 11.4 Å². The van der Waals surface area contributed by atoms with E-state index in [1.807, 2.05) is 18.2 Å². The molecule has 2 aromatic heterocycles. The summed E-state index contributed by atoms with van der Waals surface area (Å²) >= 11 is 1.59. The van der Waals surface area contributed by atoms with Crippen LogP contribution in [-0.4, -0.2) is 56.5 Å². The van der Waals surface area contributed by atoms with Gasteiger partial charge in [0.15, 0.2) is 0 Å². The number of piperazine rings is 1. The van der Waals surface area contributed by atoms with Crippen LogP contribution < -0.4 is 9.62 Å². The summed E-state index contributed by atoms with van der Waals surface area (Å²) in [6, 6.07) is 17.5. The summed E-state index contributed by atoms with van der Waals surface area (Å²) < 4.78 is 40.2. The van der Waals surface area contributed by atoms with Crippen LogP contribution in [0.3, 0.4) is 0 Å². The van der Waals surface area contributed by atoms with E-state index in [9.17, 15) is 8.42 Å². The Morgan fingerprint density at radius 2 is 1.72 bits per heavy atom. The molecule has 0 atom stereocenters. The summed E-state index contributed by atoms with van der Waals surface area (Å²) in [5.74, 6) is 1.80. The molecule has 1 N–H and O–H groups in total. The number of benzene rings is 2. The van der Waals surface area contributed by atoms with Crippen molar-refractivity contribution in [3.8, 4) is 0 Å². The van der Waals surface area contributed by atoms with Crippen molar-refractivity contribution in [3.63, 3.8) is 0 Å². The Morgan fingerprint density at radius 3 is 2.53 bits per heavy atom. The molecule has 0 radical (unpaired) electrons. The third-order valence-corrected chi connectivity index (χ3v) is 9.91. The van der Waals surface area contributed by atoms with Crippen LogP contribution in [-0.2, 0) is 10.0 Å². The van der Waals surface area contributed by atoms with Crippen molar-refractivity contribution in [2.75, 3.05) is 37.6 Å². The first-order valence-electron chi connectivity index (χ1n) is 12.9. The van der Waals surface area contributed by atoms with Crippen LogP contribution in [0.4, 0.5) is 5.82 Å². The molecule has 2 aliphatic rings. The van der Waals surface area contributed by atoms with Crippen LogP contribution in [0.5, 0.6) is 0 Å². The minimum atomic E-state index is -3.64. The molecule has 190 valence electrons. The first kappa shape index (κ1) is 23.9. The third-order valence-electron chi connectivity index (χ3n) is 7.72. The fraction of sp³-hybridized carbons (Fsp3) is 0.444. The van der Waals surface area contributed by atoms with Gasteiger partial charge in [-0.05, 0) is 74.3 Å². The highest BCUT2D eigenvalue weighted by Gasteiger charge is 2.28. The Labute approximate surface area is 216 Å². The number of aromatic nitrogens is 1. The predicted molar refractivity (Wildman–Crippen MR) is 145 cm³/mol. The van der Waals surface area contributed by atoms with Crippen molar-refractivity contribution in [3.05, 3.63) is 54.6 Å². The van der Waals surface area contributed by atoms with Gasteiger partial charge in [-0.1, -0.05) is 30.3 Å². The molecule has 9 heteroatoms. The maximum Gasteiger partial charge on any atom is 0.274 e. The number of hydrogen-bond donors (Lipinski definition) is 1. The fourth-order valence-corrected chi connectivity index (χ4v) is 7.65. The van der Waals surface area contributed by atoms with E-state index in [0.29, 0.717) is 11.5 Å². The second kappa shape index (κ2) is 10.1. The molecule has 0 spiro atoms. The molecule has 1 aliphatic carbocycles. The van der Waals surface area contributed by atoms with Gasteiger partial charge < -0.3 is 9.32 Å². The molecule has 2 fully saturated rings. The summed E-state index contributed by atoms with van der Waals surface area (Å²) in [6.07, 6.45) is 5.09. The lowest BCUT2D eigenvalue weighted by atomic mass is 9.84. The molecule has 1 aliphatic heterocycles. The minimum Gasteiger partial charge on any atom is -0.443 e. The van der Waals surface area contributed by atoms with Gasteiger partial charge in [-0.15, -0.1) is 0 Å². The van der Waals surface area contributed by atoms with E-state index in [4.69, 9.17) is 8.79 Å². The van der Waals surface area contributed by atoms with E-state index in [2.05, 4.69) is 38.8 Å². The van der Waals surface area contributed by atoms with E-state index in [1.54, 1.807) is 23.7 Å². The monoisotopic (exact) mass is 524 g/mol. The van der Waals surface area contributed by atoms with Crippen LogP contribution in [0, 0.1) is 5.92 Å². The molecule has 1 saturated carbocycles. The molecule has 0 unspecified atom stereocenters. The average molecular weight is 525 g/mol. The van der Waals surface area contributed by atoms with Gasteiger partial charge in [0.25, 0.3) is 10.0 Å². The van der Waals surface area contributed by atoms with Crippen molar-refractivity contribution >= 4 is 48.4 Å². The molecule has 3 heterocycles. The smallest absolute Gasteiger partial charge is 0.274 e. The molecule has 36 heavy (non-hydrogen) atoms. The highest BCUT2D eigenvalue weighted by Crippen LogP contribution is 2.31.